The van der Waals surface area contributed by atoms with Crippen LogP contribution in [0.25, 0.3) is 0 Å². The minimum Gasteiger partial charge on any atom is -0.475 e. The van der Waals surface area contributed by atoms with E-state index in [-0.39, 0.29) is 11.8 Å². The van der Waals surface area contributed by atoms with Gasteiger partial charge in [0.2, 0.25) is 5.76 Å². The third-order valence-electron chi connectivity index (χ3n) is 2.53. The monoisotopic (exact) mass is 250 g/mol. The number of carboxylic acid groups (broad SMARTS) is 1. The van der Waals surface area contributed by atoms with Crippen LogP contribution in [-0.2, 0) is 6.54 Å². The second kappa shape index (κ2) is 5.46. The molecule has 7 nitrogen and oxygen atoms in total. The molecule has 0 bridgehead atoms. The minimum absolute atomic E-state index is 0.0464. The van der Waals surface area contributed by atoms with Crippen molar-refractivity contribution in [2.45, 2.75) is 19.5 Å². The number of nitrogens with one attached hydrogen (secondary N) is 1. The molecule has 2 aromatic heterocycles. The minimum atomic E-state index is -1.06. The van der Waals surface area contributed by atoms with Gasteiger partial charge in [-0.3, -0.25) is 4.68 Å². The van der Waals surface area contributed by atoms with Crippen LogP contribution in [0.3, 0.4) is 0 Å². The third-order valence-corrected chi connectivity index (χ3v) is 2.53. The number of hydrogen-bond donors (Lipinski definition) is 2. The van der Waals surface area contributed by atoms with Crippen molar-refractivity contribution in [3.8, 4) is 0 Å². The number of aromatic carboxylic acids is 1. The summed E-state index contributed by atoms with van der Waals surface area (Å²) in [6.45, 7) is 3.29. The lowest BCUT2D eigenvalue weighted by Crippen LogP contribution is -2.23. The lowest BCUT2D eigenvalue weighted by Gasteiger charge is -2.10. The van der Waals surface area contributed by atoms with Crippen molar-refractivity contribution in [3.05, 3.63) is 36.0 Å². The lowest BCUT2D eigenvalue weighted by atomic mass is 10.2. The fraction of sp³-hybridized carbons (Fsp3) is 0.364. The molecule has 2 N–H and O–H groups in total. The van der Waals surface area contributed by atoms with E-state index in [9.17, 15) is 4.79 Å². The molecular formula is C11H14N4O3. The zero-order chi connectivity index (χ0) is 13.0. The summed E-state index contributed by atoms with van der Waals surface area (Å²) in [7, 11) is 0. The van der Waals surface area contributed by atoms with Gasteiger partial charge in [-0.2, -0.15) is 0 Å². The molecule has 0 aromatic carbocycles. The van der Waals surface area contributed by atoms with Crippen LogP contribution in [0, 0.1) is 0 Å². The standard InChI is InChI=1S/C11H14N4O3/c1-8(9-2-3-10(18-9)11(16)17)12-4-6-15-7-5-13-14-15/h2-3,5,7-8,12H,4,6H2,1H3,(H,16,17). The smallest absolute Gasteiger partial charge is 0.371 e. The molecule has 2 aromatic rings. The van der Waals surface area contributed by atoms with Crippen LogP contribution < -0.4 is 5.32 Å². The average molecular weight is 250 g/mol. The Labute approximate surface area is 103 Å². The molecule has 18 heavy (non-hydrogen) atoms. The second-order valence-corrected chi connectivity index (χ2v) is 3.85. The van der Waals surface area contributed by atoms with E-state index in [1.165, 1.54) is 6.07 Å². The maximum absolute atomic E-state index is 10.7. The van der Waals surface area contributed by atoms with Gasteiger partial charge in [-0.15, -0.1) is 5.10 Å². The predicted molar refractivity (Wildman–Crippen MR) is 62.1 cm³/mol. The van der Waals surface area contributed by atoms with E-state index in [2.05, 4.69) is 15.6 Å². The fourth-order valence-electron chi connectivity index (χ4n) is 1.55. The Morgan fingerprint density at radius 1 is 1.61 bits per heavy atom. The third kappa shape index (κ3) is 2.95. The predicted octanol–water partition coefficient (Wildman–Crippen LogP) is 0.920. The summed E-state index contributed by atoms with van der Waals surface area (Å²) >= 11 is 0. The fourth-order valence-corrected chi connectivity index (χ4v) is 1.55. The van der Waals surface area contributed by atoms with E-state index in [0.717, 1.165) is 0 Å². The molecule has 0 aliphatic rings. The van der Waals surface area contributed by atoms with Gasteiger partial charge in [0.1, 0.15) is 5.76 Å². The van der Waals surface area contributed by atoms with Gasteiger partial charge < -0.3 is 14.8 Å². The highest BCUT2D eigenvalue weighted by Crippen LogP contribution is 2.15. The summed E-state index contributed by atoms with van der Waals surface area (Å²) in [4.78, 5) is 10.7. The zero-order valence-corrected chi connectivity index (χ0v) is 9.91. The van der Waals surface area contributed by atoms with Crippen molar-refractivity contribution < 1.29 is 14.3 Å². The number of aromatic nitrogens is 3. The van der Waals surface area contributed by atoms with E-state index >= 15 is 0 Å². The van der Waals surface area contributed by atoms with Crippen LogP contribution in [0.1, 0.15) is 29.3 Å². The van der Waals surface area contributed by atoms with Crippen LogP contribution in [0.5, 0.6) is 0 Å². The van der Waals surface area contributed by atoms with Crippen molar-refractivity contribution in [1.29, 1.82) is 0 Å². The Morgan fingerprint density at radius 3 is 3.06 bits per heavy atom. The first kappa shape index (κ1) is 12.3. The highest BCUT2D eigenvalue weighted by molar-refractivity contribution is 5.84. The van der Waals surface area contributed by atoms with E-state index in [4.69, 9.17) is 9.52 Å². The summed E-state index contributed by atoms with van der Waals surface area (Å²) < 4.78 is 6.91. The Kier molecular flexibility index (Phi) is 3.73. The quantitative estimate of drug-likeness (QED) is 0.791. The summed E-state index contributed by atoms with van der Waals surface area (Å²) in [5, 5.41) is 19.5. The van der Waals surface area contributed by atoms with Gasteiger partial charge in [0.05, 0.1) is 18.8 Å². The van der Waals surface area contributed by atoms with Gasteiger partial charge in [0, 0.05) is 12.7 Å². The van der Waals surface area contributed by atoms with Gasteiger partial charge in [0.25, 0.3) is 0 Å². The molecular weight excluding hydrogens is 236 g/mol. The van der Waals surface area contributed by atoms with Crippen molar-refractivity contribution in [1.82, 2.24) is 20.3 Å². The van der Waals surface area contributed by atoms with Gasteiger partial charge in [-0.1, -0.05) is 5.21 Å². The number of rotatable bonds is 6. The molecule has 0 amide bonds. The molecule has 0 saturated carbocycles. The zero-order valence-electron chi connectivity index (χ0n) is 9.91. The molecule has 0 fully saturated rings. The van der Waals surface area contributed by atoms with Crippen molar-refractivity contribution in [2.24, 2.45) is 0 Å². The molecule has 96 valence electrons. The van der Waals surface area contributed by atoms with Crippen molar-refractivity contribution in [3.63, 3.8) is 0 Å². The summed E-state index contributed by atoms with van der Waals surface area (Å²) in [5.41, 5.74) is 0. The summed E-state index contributed by atoms with van der Waals surface area (Å²) in [5.74, 6) is -0.503. The number of nitrogens with zero attached hydrogens (tertiary/aromatic N) is 3. The van der Waals surface area contributed by atoms with Crippen LogP contribution in [0.4, 0.5) is 0 Å². The number of carbonyl (C=O) groups is 1. The Hall–Kier alpha value is -2.15. The first-order valence-corrected chi connectivity index (χ1v) is 5.57. The SMILES string of the molecule is CC(NCCn1ccnn1)c1ccc(C(=O)O)o1. The molecule has 1 atom stereocenters. The van der Waals surface area contributed by atoms with Gasteiger partial charge in [-0.05, 0) is 19.1 Å². The van der Waals surface area contributed by atoms with Gasteiger partial charge in [0.15, 0.2) is 0 Å². The number of hydrogen-bond acceptors (Lipinski definition) is 5. The molecule has 0 radical (unpaired) electrons. The number of carboxylic acids is 1. The normalized spacial score (nSPS) is 12.5. The van der Waals surface area contributed by atoms with E-state index in [1.54, 1.807) is 23.1 Å². The summed E-state index contributed by atoms with van der Waals surface area (Å²) in [6.07, 6.45) is 3.40. The van der Waals surface area contributed by atoms with Crippen LogP contribution in [0.2, 0.25) is 0 Å². The molecule has 0 aliphatic heterocycles. The lowest BCUT2D eigenvalue weighted by molar-refractivity contribution is 0.0659. The number of furan rings is 1. The maximum Gasteiger partial charge on any atom is 0.371 e. The Morgan fingerprint density at radius 2 is 2.44 bits per heavy atom. The molecule has 0 spiro atoms. The molecule has 0 saturated heterocycles. The van der Waals surface area contributed by atoms with E-state index in [1.807, 2.05) is 6.92 Å². The largest absolute Gasteiger partial charge is 0.475 e. The average Bonchev–Trinajstić information content (AvgIpc) is 2.99. The van der Waals surface area contributed by atoms with Gasteiger partial charge >= 0.3 is 5.97 Å². The molecule has 7 heteroatoms. The Balaban J connectivity index is 1.83. The molecule has 1 unspecified atom stereocenters. The van der Waals surface area contributed by atoms with Crippen LogP contribution >= 0.6 is 0 Å². The highest BCUT2D eigenvalue weighted by atomic mass is 16.4. The van der Waals surface area contributed by atoms with E-state index in [0.29, 0.717) is 18.8 Å². The Bertz CT molecular complexity index is 506. The van der Waals surface area contributed by atoms with E-state index < -0.39 is 5.97 Å². The maximum atomic E-state index is 10.7. The van der Waals surface area contributed by atoms with Crippen LogP contribution in [-0.4, -0.2) is 32.6 Å². The second-order valence-electron chi connectivity index (χ2n) is 3.85. The molecule has 2 rings (SSSR count). The topological polar surface area (TPSA) is 93.2 Å². The first-order valence-electron chi connectivity index (χ1n) is 5.57. The highest BCUT2D eigenvalue weighted by Gasteiger charge is 2.13. The summed E-state index contributed by atoms with van der Waals surface area (Å²) in [6, 6.07) is 3.06. The first-order chi connectivity index (χ1) is 8.66. The van der Waals surface area contributed by atoms with Gasteiger partial charge in [-0.25, -0.2) is 4.79 Å². The van der Waals surface area contributed by atoms with Crippen molar-refractivity contribution >= 4 is 5.97 Å². The molecule has 2 heterocycles. The van der Waals surface area contributed by atoms with Crippen LogP contribution in [0.15, 0.2) is 28.9 Å². The molecule has 0 aliphatic carbocycles. The van der Waals surface area contributed by atoms with Crippen molar-refractivity contribution in [2.75, 3.05) is 6.54 Å².